The Morgan fingerprint density at radius 1 is 1.33 bits per heavy atom. The van der Waals surface area contributed by atoms with Crippen LogP contribution in [0.15, 0.2) is 36.7 Å². The number of amides is 2. The number of hydrogen-bond acceptors (Lipinski definition) is 3. The van der Waals surface area contributed by atoms with Gasteiger partial charge in [-0.05, 0) is 42.3 Å². The molecule has 1 unspecified atom stereocenters. The maximum absolute atomic E-state index is 13.1. The molecule has 126 valence electrons. The molecule has 2 heterocycles. The van der Waals surface area contributed by atoms with Gasteiger partial charge in [-0.15, -0.1) is 0 Å². The third-order valence-corrected chi connectivity index (χ3v) is 4.40. The van der Waals surface area contributed by atoms with Crippen LogP contribution in [0.4, 0.5) is 0 Å². The van der Waals surface area contributed by atoms with Gasteiger partial charge in [0.15, 0.2) is 0 Å². The molecule has 0 bridgehead atoms. The number of aromatic nitrogens is 1. The van der Waals surface area contributed by atoms with E-state index < -0.39 is 6.04 Å². The molecule has 1 aromatic heterocycles. The molecule has 1 atom stereocenters. The monoisotopic (exact) mass is 325 g/mol. The van der Waals surface area contributed by atoms with Crippen LogP contribution in [0.3, 0.4) is 0 Å². The summed E-state index contributed by atoms with van der Waals surface area (Å²) in [5.74, 6) is 0.218. The molecule has 24 heavy (non-hydrogen) atoms. The Morgan fingerprint density at radius 3 is 2.96 bits per heavy atom. The van der Waals surface area contributed by atoms with E-state index in [9.17, 15) is 9.59 Å². The van der Waals surface area contributed by atoms with E-state index in [1.54, 1.807) is 17.3 Å². The zero-order valence-electron chi connectivity index (χ0n) is 14.2. The number of rotatable bonds is 3. The third-order valence-electron chi connectivity index (χ3n) is 4.40. The minimum Gasteiger partial charge on any atom is -0.354 e. The van der Waals surface area contributed by atoms with Crippen molar-refractivity contribution < 1.29 is 9.59 Å². The highest BCUT2D eigenvalue weighted by molar-refractivity contribution is 6.00. The smallest absolute Gasteiger partial charge is 0.254 e. The van der Waals surface area contributed by atoms with E-state index in [1.807, 2.05) is 24.3 Å². The molecule has 5 nitrogen and oxygen atoms in total. The number of nitrogens with zero attached hydrogens (tertiary/aromatic N) is 2. The molecule has 0 saturated carbocycles. The van der Waals surface area contributed by atoms with Gasteiger partial charge < -0.3 is 10.2 Å². The maximum atomic E-state index is 13.1. The fourth-order valence-electron chi connectivity index (χ4n) is 3.18. The highest BCUT2D eigenvalue weighted by Crippen LogP contribution is 2.20. The van der Waals surface area contributed by atoms with Crippen LogP contribution in [0.5, 0.6) is 0 Å². The lowest BCUT2D eigenvalue weighted by Crippen LogP contribution is -2.47. The standard InChI is InChI=1S/C19H23N3O2/c1-13(2)10-17-18(23)21-7-3-9-22(17)19(24)15-5-4-14-6-8-20-12-16(14)11-15/h4-6,8,11-13,17H,3,7,9-10H2,1-2H3,(H,21,23). The Hall–Kier alpha value is -2.43. The summed E-state index contributed by atoms with van der Waals surface area (Å²) in [6, 6.07) is 7.15. The number of carbonyl (C=O) groups is 2. The van der Waals surface area contributed by atoms with Crippen molar-refractivity contribution in [3.63, 3.8) is 0 Å². The van der Waals surface area contributed by atoms with Crippen molar-refractivity contribution in [2.24, 2.45) is 5.92 Å². The zero-order valence-corrected chi connectivity index (χ0v) is 14.2. The quantitative estimate of drug-likeness (QED) is 0.943. The van der Waals surface area contributed by atoms with E-state index in [0.717, 1.165) is 17.2 Å². The number of benzene rings is 1. The van der Waals surface area contributed by atoms with Crippen LogP contribution in [0.25, 0.3) is 10.8 Å². The first-order valence-corrected chi connectivity index (χ1v) is 8.48. The predicted molar refractivity (Wildman–Crippen MR) is 93.6 cm³/mol. The minimum atomic E-state index is -0.399. The second-order valence-corrected chi connectivity index (χ2v) is 6.73. The van der Waals surface area contributed by atoms with Gasteiger partial charge in [0.2, 0.25) is 5.91 Å². The first kappa shape index (κ1) is 16.4. The van der Waals surface area contributed by atoms with Gasteiger partial charge in [-0.25, -0.2) is 0 Å². The summed E-state index contributed by atoms with van der Waals surface area (Å²) in [5, 5.41) is 4.91. The molecule has 0 radical (unpaired) electrons. The molecule has 2 aromatic rings. The van der Waals surface area contributed by atoms with E-state index in [-0.39, 0.29) is 11.8 Å². The van der Waals surface area contributed by atoms with Crippen LogP contribution in [0, 0.1) is 5.92 Å². The van der Waals surface area contributed by atoms with Crippen molar-refractivity contribution in [2.45, 2.75) is 32.7 Å². The van der Waals surface area contributed by atoms with Crippen LogP contribution in [0.2, 0.25) is 0 Å². The molecule has 0 spiro atoms. The predicted octanol–water partition coefficient (Wildman–Crippen LogP) is 2.61. The van der Waals surface area contributed by atoms with Gasteiger partial charge in [0.05, 0.1) is 0 Å². The largest absolute Gasteiger partial charge is 0.354 e. The van der Waals surface area contributed by atoms with Gasteiger partial charge >= 0.3 is 0 Å². The number of fused-ring (bicyclic) bond motifs is 1. The molecule has 1 saturated heterocycles. The van der Waals surface area contributed by atoms with Gasteiger partial charge in [-0.3, -0.25) is 14.6 Å². The van der Waals surface area contributed by atoms with Crippen LogP contribution in [-0.2, 0) is 4.79 Å². The highest BCUT2D eigenvalue weighted by Gasteiger charge is 2.32. The first-order valence-electron chi connectivity index (χ1n) is 8.48. The molecule has 2 amide bonds. The Bertz CT molecular complexity index is 757. The number of nitrogens with one attached hydrogen (secondary N) is 1. The summed E-state index contributed by atoms with van der Waals surface area (Å²) < 4.78 is 0. The lowest BCUT2D eigenvalue weighted by atomic mass is 10.0. The molecule has 1 N–H and O–H groups in total. The Kier molecular flexibility index (Phi) is 4.79. The minimum absolute atomic E-state index is 0.0444. The normalized spacial score (nSPS) is 18.5. The molecule has 1 fully saturated rings. The van der Waals surface area contributed by atoms with Crippen molar-refractivity contribution in [1.82, 2.24) is 15.2 Å². The molecule has 3 rings (SSSR count). The number of hydrogen-bond donors (Lipinski definition) is 1. The van der Waals surface area contributed by atoms with E-state index in [1.165, 1.54) is 0 Å². The van der Waals surface area contributed by atoms with E-state index in [2.05, 4.69) is 24.1 Å². The number of pyridine rings is 1. The van der Waals surface area contributed by atoms with Crippen LogP contribution in [0.1, 0.15) is 37.0 Å². The van der Waals surface area contributed by atoms with Gasteiger partial charge in [-0.1, -0.05) is 19.9 Å². The molecular formula is C19H23N3O2. The van der Waals surface area contributed by atoms with Crippen molar-refractivity contribution in [2.75, 3.05) is 13.1 Å². The van der Waals surface area contributed by atoms with Crippen molar-refractivity contribution in [3.05, 3.63) is 42.2 Å². The maximum Gasteiger partial charge on any atom is 0.254 e. The average molecular weight is 325 g/mol. The summed E-state index contributed by atoms with van der Waals surface area (Å²) >= 11 is 0. The molecule has 1 aliphatic heterocycles. The molecule has 1 aliphatic rings. The molecule has 5 heteroatoms. The van der Waals surface area contributed by atoms with Crippen LogP contribution >= 0.6 is 0 Å². The SMILES string of the molecule is CC(C)CC1C(=O)NCCCN1C(=O)c1ccc2ccncc2c1. The summed E-state index contributed by atoms with van der Waals surface area (Å²) in [5.41, 5.74) is 0.610. The lowest BCUT2D eigenvalue weighted by Gasteiger charge is -2.29. The van der Waals surface area contributed by atoms with E-state index in [4.69, 9.17) is 0 Å². The fraction of sp³-hybridized carbons (Fsp3) is 0.421. The Labute approximate surface area is 142 Å². The van der Waals surface area contributed by atoms with Crippen LogP contribution in [-0.4, -0.2) is 40.8 Å². The van der Waals surface area contributed by atoms with Crippen LogP contribution < -0.4 is 5.32 Å². The molecule has 0 aliphatic carbocycles. The topological polar surface area (TPSA) is 62.3 Å². The zero-order chi connectivity index (χ0) is 17.1. The third kappa shape index (κ3) is 3.40. The average Bonchev–Trinajstić information content (AvgIpc) is 2.75. The van der Waals surface area contributed by atoms with Gasteiger partial charge in [0, 0.05) is 36.4 Å². The van der Waals surface area contributed by atoms with Gasteiger partial charge in [-0.2, -0.15) is 0 Å². The van der Waals surface area contributed by atoms with Crippen molar-refractivity contribution >= 4 is 22.6 Å². The lowest BCUT2D eigenvalue weighted by molar-refractivity contribution is -0.125. The van der Waals surface area contributed by atoms with E-state index in [0.29, 0.717) is 31.0 Å². The molecule has 1 aromatic carbocycles. The summed E-state index contributed by atoms with van der Waals surface area (Å²) in [7, 11) is 0. The molecular weight excluding hydrogens is 302 g/mol. The Morgan fingerprint density at radius 2 is 2.17 bits per heavy atom. The Balaban J connectivity index is 1.93. The van der Waals surface area contributed by atoms with Crippen molar-refractivity contribution in [1.29, 1.82) is 0 Å². The van der Waals surface area contributed by atoms with Gasteiger partial charge in [0.25, 0.3) is 5.91 Å². The number of carbonyl (C=O) groups excluding carboxylic acids is 2. The van der Waals surface area contributed by atoms with Gasteiger partial charge in [0.1, 0.15) is 6.04 Å². The first-order chi connectivity index (χ1) is 11.6. The second-order valence-electron chi connectivity index (χ2n) is 6.73. The summed E-state index contributed by atoms with van der Waals surface area (Å²) in [6.07, 6.45) is 4.95. The fourth-order valence-corrected chi connectivity index (χ4v) is 3.18. The van der Waals surface area contributed by atoms with E-state index >= 15 is 0 Å². The summed E-state index contributed by atoms with van der Waals surface area (Å²) in [6.45, 7) is 5.37. The highest BCUT2D eigenvalue weighted by atomic mass is 16.2. The second kappa shape index (κ2) is 6.99. The van der Waals surface area contributed by atoms with Crippen molar-refractivity contribution in [3.8, 4) is 0 Å². The summed E-state index contributed by atoms with van der Waals surface area (Å²) in [4.78, 5) is 31.3.